The van der Waals surface area contributed by atoms with Gasteiger partial charge in [-0.2, -0.15) is 0 Å². The third-order valence-electron chi connectivity index (χ3n) is 4.26. The van der Waals surface area contributed by atoms with Crippen molar-refractivity contribution >= 4 is 0 Å². The van der Waals surface area contributed by atoms with Crippen LogP contribution in [-0.2, 0) is 0 Å². The number of hydrogen-bond acceptors (Lipinski definition) is 6. The molecule has 0 saturated heterocycles. The molecule has 0 radical (unpaired) electrons. The van der Waals surface area contributed by atoms with E-state index in [9.17, 15) is 10.2 Å². The molecule has 2 aliphatic rings. The third-order valence-corrected chi connectivity index (χ3v) is 4.26. The third kappa shape index (κ3) is 1.98. The lowest BCUT2D eigenvalue weighted by molar-refractivity contribution is 0.0834. The standard InChI is InChI=1S/C17H16O6/c1-20-16-14-11(13(19)15-17(16)23-8-22-15)12(18)10(7-21-14)9-5-3-2-4-6-9/h2-6,10,12,18-19H,7-8H2,1H3. The maximum Gasteiger partial charge on any atom is 0.231 e. The summed E-state index contributed by atoms with van der Waals surface area (Å²) in [7, 11) is 1.48. The van der Waals surface area contributed by atoms with Gasteiger partial charge in [0, 0.05) is 5.92 Å². The first-order chi connectivity index (χ1) is 11.2. The maximum absolute atomic E-state index is 10.8. The number of phenolic OH excluding ortho intramolecular Hbond substituents is 1. The molecule has 0 saturated carbocycles. The molecule has 0 aliphatic carbocycles. The van der Waals surface area contributed by atoms with E-state index in [4.69, 9.17) is 18.9 Å². The average molecular weight is 316 g/mol. The normalized spacial score (nSPS) is 21.5. The van der Waals surface area contributed by atoms with Gasteiger partial charge in [-0.15, -0.1) is 0 Å². The maximum atomic E-state index is 10.8. The van der Waals surface area contributed by atoms with Crippen LogP contribution in [0.5, 0.6) is 28.7 Å². The smallest absolute Gasteiger partial charge is 0.231 e. The van der Waals surface area contributed by atoms with Crippen LogP contribution in [0.3, 0.4) is 0 Å². The fourth-order valence-corrected chi connectivity index (χ4v) is 3.13. The summed E-state index contributed by atoms with van der Waals surface area (Å²) < 4.78 is 21.8. The molecule has 0 aromatic heterocycles. The summed E-state index contributed by atoms with van der Waals surface area (Å²) in [6.07, 6.45) is -0.940. The van der Waals surface area contributed by atoms with Gasteiger partial charge < -0.3 is 29.2 Å². The molecule has 2 atom stereocenters. The lowest BCUT2D eigenvalue weighted by atomic mass is 9.86. The van der Waals surface area contributed by atoms with Crippen LogP contribution in [0, 0.1) is 0 Å². The fraction of sp³-hybridized carbons (Fsp3) is 0.294. The van der Waals surface area contributed by atoms with Gasteiger partial charge >= 0.3 is 0 Å². The van der Waals surface area contributed by atoms with Gasteiger partial charge in [0.05, 0.1) is 25.4 Å². The number of phenols is 1. The van der Waals surface area contributed by atoms with Crippen LogP contribution >= 0.6 is 0 Å². The molecular formula is C17H16O6. The highest BCUT2D eigenvalue weighted by molar-refractivity contribution is 5.71. The van der Waals surface area contributed by atoms with Gasteiger partial charge in [0.15, 0.2) is 11.5 Å². The molecule has 2 aromatic rings. The van der Waals surface area contributed by atoms with Gasteiger partial charge in [-0.25, -0.2) is 0 Å². The minimum atomic E-state index is -0.940. The quantitative estimate of drug-likeness (QED) is 0.885. The molecule has 2 N–H and O–H groups in total. The molecule has 0 amide bonds. The Balaban J connectivity index is 1.86. The summed E-state index contributed by atoms with van der Waals surface area (Å²) in [6, 6.07) is 9.55. The SMILES string of the molecule is COc1c2c(c(O)c3c1OCC(c1ccccc1)C3O)OCO2. The molecule has 2 aliphatic heterocycles. The molecule has 4 rings (SSSR count). The van der Waals surface area contributed by atoms with Crippen molar-refractivity contribution in [3.63, 3.8) is 0 Å². The van der Waals surface area contributed by atoms with Crippen LogP contribution in [0.25, 0.3) is 0 Å². The zero-order valence-electron chi connectivity index (χ0n) is 12.5. The second-order valence-corrected chi connectivity index (χ2v) is 5.46. The van der Waals surface area contributed by atoms with Crippen molar-refractivity contribution in [1.29, 1.82) is 0 Å². The molecule has 120 valence electrons. The van der Waals surface area contributed by atoms with Crippen LogP contribution in [-0.4, -0.2) is 30.7 Å². The van der Waals surface area contributed by atoms with E-state index in [2.05, 4.69) is 0 Å². The number of ether oxygens (including phenoxy) is 4. The Bertz CT molecular complexity index is 743. The van der Waals surface area contributed by atoms with Crippen molar-refractivity contribution in [3.05, 3.63) is 41.5 Å². The highest BCUT2D eigenvalue weighted by Gasteiger charge is 2.40. The monoisotopic (exact) mass is 316 g/mol. The minimum Gasteiger partial charge on any atom is -0.504 e. The Morgan fingerprint density at radius 1 is 1.04 bits per heavy atom. The fourth-order valence-electron chi connectivity index (χ4n) is 3.13. The lowest BCUT2D eigenvalue weighted by Gasteiger charge is -2.32. The Morgan fingerprint density at radius 3 is 2.52 bits per heavy atom. The zero-order chi connectivity index (χ0) is 16.0. The Kier molecular flexibility index (Phi) is 3.20. The van der Waals surface area contributed by atoms with Crippen LogP contribution in [0.4, 0.5) is 0 Å². The number of hydrogen-bond donors (Lipinski definition) is 2. The molecule has 2 aromatic carbocycles. The molecule has 0 bridgehead atoms. The summed E-state index contributed by atoms with van der Waals surface area (Å²) in [5.74, 6) is 0.650. The van der Waals surface area contributed by atoms with Crippen LogP contribution in [0.1, 0.15) is 23.1 Å². The first kappa shape index (κ1) is 14.0. The van der Waals surface area contributed by atoms with Crippen molar-refractivity contribution < 1.29 is 29.2 Å². The Hall–Kier alpha value is -2.60. The first-order valence-corrected chi connectivity index (χ1v) is 7.30. The Morgan fingerprint density at radius 2 is 1.78 bits per heavy atom. The number of fused-ring (bicyclic) bond motifs is 2. The molecule has 6 heteroatoms. The zero-order valence-corrected chi connectivity index (χ0v) is 12.5. The molecule has 2 unspecified atom stereocenters. The number of benzene rings is 2. The van der Waals surface area contributed by atoms with Gasteiger partial charge in [-0.1, -0.05) is 30.3 Å². The largest absolute Gasteiger partial charge is 0.504 e. The van der Waals surface area contributed by atoms with Gasteiger partial charge in [0.1, 0.15) is 0 Å². The van der Waals surface area contributed by atoms with Gasteiger partial charge in [-0.3, -0.25) is 0 Å². The van der Waals surface area contributed by atoms with E-state index in [0.717, 1.165) is 5.56 Å². The van der Waals surface area contributed by atoms with Crippen molar-refractivity contribution in [2.75, 3.05) is 20.5 Å². The van der Waals surface area contributed by atoms with E-state index in [0.29, 0.717) is 17.2 Å². The van der Waals surface area contributed by atoms with E-state index in [1.54, 1.807) is 0 Å². The molecule has 6 nitrogen and oxygen atoms in total. The van der Waals surface area contributed by atoms with E-state index < -0.39 is 6.10 Å². The van der Waals surface area contributed by atoms with E-state index in [-0.39, 0.29) is 36.4 Å². The average Bonchev–Trinajstić information content (AvgIpc) is 3.06. The highest BCUT2D eigenvalue weighted by atomic mass is 16.7. The summed E-state index contributed by atoms with van der Waals surface area (Å²) in [5, 5.41) is 21.3. The molecule has 0 fully saturated rings. The number of aromatic hydroxyl groups is 1. The molecular weight excluding hydrogens is 300 g/mol. The lowest BCUT2D eigenvalue weighted by Crippen LogP contribution is -2.24. The predicted molar refractivity (Wildman–Crippen MR) is 80.4 cm³/mol. The highest BCUT2D eigenvalue weighted by Crippen LogP contribution is 2.59. The second kappa shape index (κ2) is 5.24. The van der Waals surface area contributed by atoms with E-state index in [1.165, 1.54) is 7.11 Å². The number of aliphatic hydroxyl groups excluding tert-OH is 1. The van der Waals surface area contributed by atoms with E-state index >= 15 is 0 Å². The predicted octanol–water partition coefficient (Wildman–Crippen LogP) is 2.34. The van der Waals surface area contributed by atoms with Crippen molar-refractivity contribution in [2.45, 2.75) is 12.0 Å². The minimum absolute atomic E-state index is 0.0135. The Labute approximate surface area is 132 Å². The summed E-state index contributed by atoms with van der Waals surface area (Å²) in [5.41, 5.74) is 1.20. The van der Waals surface area contributed by atoms with Crippen LogP contribution in [0.15, 0.2) is 30.3 Å². The second-order valence-electron chi connectivity index (χ2n) is 5.46. The van der Waals surface area contributed by atoms with E-state index in [1.807, 2.05) is 30.3 Å². The van der Waals surface area contributed by atoms with Crippen molar-refractivity contribution in [1.82, 2.24) is 0 Å². The van der Waals surface area contributed by atoms with Crippen LogP contribution in [0.2, 0.25) is 0 Å². The first-order valence-electron chi connectivity index (χ1n) is 7.30. The molecule has 0 spiro atoms. The summed E-state index contributed by atoms with van der Waals surface area (Å²) in [4.78, 5) is 0. The number of aliphatic hydroxyl groups is 1. The summed E-state index contributed by atoms with van der Waals surface area (Å²) in [6.45, 7) is 0.258. The van der Waals surface area contributed by atoms with Crippen molar-refractivity contribution in [3.8, 4) is 28.7 Å². The van der Waals surface area contributed by atoms with Crippen LogP contribution < -0.4 is 18.9 Å². The topological polar surface area (TPSA) is 77.4 Å². The summed E-state index contributed by atoms with van der Waals surface area (Å²) >= 11 is 0. The van der Waals surface area contributed by atoms with Gasteiger partial charge in [0.2, 0.25) is 24.0 Å². The number of methoxy groups -OCH3 is 1. The number of rotatable bonds is 2. The van der Waals surface area contributed by atoms with Gasteiger partial charge in [-0.05, 0) is 5.56 Å². The molecule has 2 heterocycles. The van der Waals surface area contributed by atoms with Gasteiger partial charge in [0.25, 0.3) is 0 Å². The molecule has 23 heavy (non-hydrogen) atoms. The van der Waals surface area contributed by atoms with Crippen molar-refractivity contribution in [2.24, 2.45) is 0 Å².